The van der Waals surface area contributed by atoms with Gasteiger partial charge in [0, 0.05) is 23.7 Å². The van der Waals surface area contributed by atoms with Gasteiger partial charge in [-0.3, -0.25) is 4.79 Å². The Hall–Kier alpha value is -0.770. The molecule has 1 amide bonds. The molecule has 3 nitrogen and oxygen atoms in total. The van der Waals surface area contributed by atoms with Gasteiger partial charge in [-0.25, -0.2) is 0 Å². The van der Waals surface area contributed by atoms with Gasteiger partial charge in [0.15, 0.2) is 0 Å². The maximum atomic E-state index is 12.4. The van der Waals surface area contributed by atoms with Gasteiger partial charge in [0.25, 0.3) is 5.91 Å². The van der Waals surface area contributed by atoms with E-state index in [-0.39, 0.29) is 17.6 Å². The van der Waals surface area contributed by atoms with Gasteiger partial charge in [-0.05, 0) is 38.1 Å². The minimum absolute atomic E-state index is 0.0110. The summed E-state index contributed by atoms with van der Waals surface area (Å²) >= 11 is 11.7. The molecule has 1 aliphatic heterocycles. The van der Waals surface area contributed by atoms with Crippen LogP contribution in [0, 0.1) is 0 Å². The molecule has 0 radical (unpaired) electrons. The Morgan fingerprint density at radius 1 is 1.42 bits per heavy atom. The van der Waals surface area contributed by atoms with Crippen molar-refractivity contribution in [2.24, 2.45) is 0 Å². The predicted molar refractivity (Wildman–Crippen MR) is 77.0 cm³/mol. The second kappa shape index (κ2) is 5.70. The van der Waals surface area contributed by atoms with Gasteiger partial charge in [-0.1, -0.05) is 11.6 Å². The molecule has 0 saturated carbocycles. The van der Waals surface area contributed by atoms with Gasteiger partial charge in [0.2, 0.25) is 0 Å². The Morgan fingerprint density at radius 2 is 2.05 bits per heavy atom. The fourth-order valence-electron chi connectivity index (χ4n) is 2.31. The van der Waals surface area contributed by atoms with Gasteiger partial charge in [0.1, 0.15) is 0 Å². The van der Waals surface area contributed by atoms with Crippen LogP contribution < -0.4 is 0 Å². The Balaban J connectivity index is 2.16. The highest BCUT2D eigenvalue weighted by Crippen LogP contribution is 2.23. The number of ether oxygens (including phenoxy) is 1. The number of carbonyl (C=O) groups is 1. The number of rotatable bonds is 2. The first kappa shape index (κ1) is 14.6. The van der Waals surface area contributed by atoms with Crippen molar-refractivity contribution in [1.82, 2.24) is 4.90 Å². The highest BCUT2D eigenvalue weighted by Gasteiger charge is 2.35. The molecule has 1 atom stereocenters. The number of halogens is 2. The molecule has 0 aromatic heterocycles. The number of alkyl halides is 1. The second-order valence-electron chi connectivity index (χ2n) is 5.35. The van der Waals surface area contributed by atoms with Crippen molar-refractivity contribution in [2.45, 2.75) is 25.6 Å². The topological polar surface area (TPSA) is 29.5 Å². The summed E-state index contributed by atoms with van der Waals surface area (Å²) in [4.78, 5) is 14.2. The van der Waals surface area contributed by atoms with E-state index in [1.54, 1.807) is 29.2 Å². The average molecular weight is 302 g/mol. The third-order valence-corrected chi connectivity index (χ3v) is 3.63. The molecule has 0 spiro atoms. The monoisotopic (exact) mass is 301 g/mol. The van der Waals surface area contributed by atoms with Gasteiger partial charge in [0.05, 0.1) is 17.6 Å². The molecule has 2 rings (SSSR count). The fraction of sp³-hybridized carbons (Fsp3) is 0.500. The maximum Gasteiger partial charge on any atom is 0.254 e. The lowest BCUT2D eigenvalue weighted by Crippen LogP contribution is -2.55. The highest BCUT2D eigenvalue weighted by atomic mass is 35.5. The van der Waals surface area contributed by atoms with Crippen LogP contribution in [-0.2, 0) is 4.74 Å². The third kappa shape index (κ3) is 3.62. The molecular weight excluding hydrogens is 285 g/mol. The molecule has 0 aliphatic carbocycles. The SMILES string of the molecule is CC1(C)CN(C(=O)c2ccc(Cl)cc2)CC(CCl)O1. The Morgan fingerprint density at radius 3 is 2.63 bits per heavy atom. The lowest BCUT2D eigenvalue weighted by molar-refractivity contribution is -0.117. The van der Waals surface area contributed by atoms with Crippen molar-refractivity contribution < 1.29 is 9.53 Å². The van der Waals surface area contributed by atoms with E-state index >= 15 is 0 Å². The number of hydrogen-bond donors (Lipinski definition) is 0. The van der Waals surface area contributed by atoms with Crippen molar-refractivity contribution in [1.29, 1.82) is 0 Å². The van der Waals surface area contributed by atoms with E-state index in [0.29, 0.717) is 29.6 Å². The molecule has 1 fully saturated rings. The van der Waals surface area contributed by atoms with Gasteiger partial charge < -0.3 is 9.64 Å². The van der Waals surface area contributed by atoms with Crippen LogP contribution in [0.1, 0.15) is 24.2 Å². The number of morpholine rings is 1. The van der Waals surface area contributed by atoms with Crippen LogP contribution >= 0.6 is 23.2 Å². The molecule has 104 valence electrons. The molecule has 1 aliphatic rings. The van der Waals surface area contributed by atoms with Crippen molar-refractivity contribution in [3.63, 3.8) is 0 Å². The molecule has 1 saturated heterocycles. The first-order chi connectivity index (χ1) is 8.91. The molecule has 0 bridgehead atoms. The summed E-state index contributed by atoms with van der Waals surface area (Å²) < 4.78 is 5.81. The first-order valence-corrected chi connectivity index (χ1v) is 7.11. The van der Waals surface area contributed by atoms with Crippen LogP contribution in [0.5, 0.6) is 0 Å². The quantitative estimate of drug-likeness (QED) is 0.785. The largest absolute Gasteiger partial charge is 0.367 e. The van der Waals surface area contributed by atoms with E-state index in [9.17, 15) is 4.79 Å². The van der Waals surface area contributed by atoms with E-state index in [1.807, 2.05) is 13.8 Å². The van der Waals surface area contributed by atoms with E-state index < -0.39 is 0 Å². The van der Waals surface area contributed by atoms with Crippen molar-refractivity contribution in [3.05, 3.63) is 34.9 Å². The molecule has 1 aromatic rings. The Bertz CT molecular complexity index is 459. The number of nitrogens with zero attached hydrogens (tertiary/aromatic N) is 1. The summed E-state index contributed by atoms with van der Waals surface area (Å²) in [5.74, 6) is 0.372. The lowest BCUT2D eigenvalue weighted by Gasteiger charge is -2.42. The lowest BCUT2D eigenvalue weighted by atomic mass is 10.0. The normalized spacial score (nSPS) is 22.3. The maximum absolute atomic E-state index is 12.4. The zero-order chi connectivity index (χ0) is 14.0. The molecule has 1 heterocycles. The number of benzene rings is 1. The minimum atomic E-state index is -0.375. The van der Waals surface area contributed by atoms with Crippen LogP contribution in [0.2, 0.25) is 5.02 Å². The van der Waals surface area contributed by atoms with Gasteiger partial charge >= 0.3 is 0 Å². The molecule has 1 aromatic carbocycles. The molecule has 19 heavy (non-hydrogen) atoms. The van der Waals surface area contributed by atoms with E-state index in [1.165, 1.54) is 0 Å². The third-order valence-electron chi connectivity index (χ3n) is 3.03. The summed E-state index contributed by atoms with van der Waals surface area (Å²) in [7, 11) is 0. The molecule has 0 N–H and O–H groups in total. The summed E-state index contributed by atoms with van der Waals surface area (Å²) in [6, 6.07) is 6.92. The van der Waals surface area contributed by atoms with Crippen molar-refractivity contribution in [2.75, 3.05) is 19.0 Å². The molecule has 1 unspecified atom stereocenters. The van der Waals surface area contributed by atoms with E-state index in [4.69, 9.17) is 27.9 Å². The Kier molecular flexibility index (Phi) is 4.39. The van der Waals surface area contributed by atoms with Crippen molar-refractivity contribution >= 4 is 29.1 Å². The average Bonchev–Trinajstić information content (AvgIpc) is 2.37. The smallest absolute Gasteiger partial charge is 0.254 e. The van der Waals surface area contributed by atoms with Gasteiger partial charge in [-0.15, -0.1) is 11.6 Å². The van der Waals surface area contributed by atoms with E-state index in [2.05, 4.69) is 0 Å². The number of carbonyl (C=O) groups excluding carboxylic acids is 1. The van der Waals surface area contributed by atoms with Crippen LogP contribution in [0.15, 0.2) is 24.3 Å². The van der Waals surface area contributed by atoms with Crippen LogP contribution in [0.3, 0.4) is 0 Å². The standard InChI is InChI=1S/C14H17Cl2NO2/c1-14(2)9-17(8-12(7-15)19-14)13(18)10-3-5-11(16)6-4-10/h3-6,12H,7-9H2,1-2H3. The predicted octanol–water partition coefficient (Wildman–Crippen LogP) is 3.20. The van der Waals surface area contributed by atoms with Crippen LogP contribution in [0.4, 0.5) is 0 Å². The second-order valence-corrected chi connectivity index (χ2v) is 6.09. The summed E-state index contributed by atoms with van der Waals surface area (Å²) in [5.41, 5.74) is 0.260. The summed E-state index contributed by atoms with van der Waals surface area (Å²) in [5, 5.41) is 0.623. The minimum Gasteiger partial charge on any atom is -0.367 e. The fourth-order valence-corrected chi connectivity index (χ4v) is 2.59. The zero-order valence-electron chi connectivity index (χ0n) is 11.0. The molecular formula is C14H17Cl2NO2. The van der Waals surface area contributed by atoms with E-state index in [0.717, 1.165) is 0 Å². The number of hydrogen-bond acceptors (Lipinski definition) is 2. The number of amides is 1. The van der Waals surface area contributed by atoms with Crippen molar-refractivity contribution in [3.8, 4) is 0 Å². The van der Waals surface area contributed by atoms with Gasteiger partial charge in [-0.2, -0.15) is 0 Å². The Labute approximate surface area is 123 Å². The van der Waals surface area contributed by atoms with Crippen LogP contribution in [-0.4, -0.2) is 41.5 Å². The summed E-state index contributed by atoms with van der Waals surface area (Å²) in [6.07, 6.45) is -0.123. The highest BCUT2D eigenvalue weighted by molar-refractivity contribution is 6.30. The zero-order valence-corrected chi connectivity index (χ0v) is 12.5. The summed E-state index contributed by atoms with van der Waals surface area (Å²) in [6.45, 7) is 5.01. The molecule has 5 heteroatoms. The van der Waals surface area contributed by atoms with Crippen LogP contribution in [0.25, 0.3) is 0 Å². The first-order valence-electron chi connectivity index (χ1n) is 6.20.